The summed E-state index contributed by atoms with van der Waals surface area (Å²) in [6.45, 7) is 1.84. The van der Waals surface area contributed by atoms with Crippen LogP contribution in [0.15, 0.2) is 36.5 Å². The number of carboxylic acid groups (broad SMARTS) is 1. The van der Waals surface area contributed by atoms with Gasteiger partial charge in [0.1, 0.15) is 0 Å². The molecule has 1 aromatic heterocycles. The van der Waals surface area contributed by atoms with Gasteiger partial charge in [-0.1, -0.05) is 25.1 Å². The minimum Gasteiger partial charge on any atom is -0.481 e. The molecule has 2 aromatic rings. The predicted octanol–water partition coefficient (Wildman–Crippen LogP) is 2.22. The van der Waals surface area contributed by atoms with Gasteiger partial charge in [0.25, 0.3) is 5.91 Å². The second-order valence-electron chi connectivity index (χ2n) is 4.56. The minimum absolute atomic E-state index is 0.0829. The molecule has 5 nitrogen and oxygen atoms in total. The molecule has 20 heavy (non-hydrogen) atoms. The number of carbonyl (C=O) groups excluding carboxylic acids is 1. The molecule has 1 atom stereocenters. The van der Waals surface area contributed by atoms with Gasteiger partial charge in [-0.05, 0) is 18.6 Å². The maximum atomic E-state index is 12.3. The lowest BCUT2D eigenvalue weighted by atomic mass is 10.1. The number of hydrogen-bond donors (Lipinski definition) is 2. The third kappa shape index (κ3) is 3.12. The smallest absolute Gasteiger partial charge is 0.305 e. The van der Waals surface area contributed by atoms with Gasteiger partial charge in [-0.2, -0.15) is 0 Å². The van der Waals surface area contributed by atoms with Crippen LogP contribution in [0.1, 0.15) is 30.1 Å². The Labute approximate surface area is 116 Å². The maximum Gasteiger partial charge on any atom is 0.305 e. The zero-order valence-electron chi connectivity index (χ0n) is 11.2. The van der Waals surface area contributed by atoms with E-state index in [0.29, 0.717) is 17.5 Å². The van der Waals surface area contributed by atoms with Crippen molar-refractivity contribution >= 4 is 22.8 Å². The Hall–Kier alpha value is -2.43. The number of nitrogens with one attached hydrogen (secondary N) is 1. The van der Waals surface area contributed by atoms with Crippen molar-refractivity contribution in [2.45, 2.75) is 25.8 Å². The molecule has 0 saturated heterocycles. The standard InChI is InChI=1S/C15H16N2O3/c1-2-11(9-13(18)19)17-15(20)12-7-3-5-10-6-4-8-16-14(10)12/h3-8,11H,2,9H2,1H3,(H,17,20)(H,18,19). The first-order valence-electron chi connectivity index (χ1n) is 6.48. The van der Waals surface area contributed by atoms with E-state index in [4.69, 9.17) is 5.11 Å². The number of nitrogens with zero attached hydrogens (tertiary/aromatic N) is 1. The lowest BCUT2D eigenvalue weighted by Gasteiger charge is -2.15. The SMILES string of the molecule is CCC(CC(=O)O)NC(=O)c1cccc2cccnc12. The van der Waals surface area contributed by atoms with Crippen LogP contribution in [-0.4, -0.2) is 28.0 Å². The number of carbonyl (C=O) groups is 2. The summed E-state index contributed by atoms with van der Waals surface area (Å²) in [5.41, 5.74) is 1.09. The predicted molar refractivity (Wildman–Crippen MR) is 75.5 cm³/mol. The highest BCUT2D eigenvalue weighted by molar-refractivity contribution is 6.05. The molecule has 2 N–H and O–H groups in total. The summed E-state index contributed by atoms with van der Waals surface area (Å²) in [6, 6.07) is 8.68. The van der Waals surface area contributed by atoms with Gasteiger partial charge in [-0.25, -0.2) is 0 Å². The second-order valence-corrected chi connectivity index (χ2v) is 4.56. The highest BCUT2D eigenvalue weighted by Gasteiger charge is 2.17. The number of benzene rings is 1. The van der Waals surface area contributed by atoms with Gasteiger partial charge < -0.3 is 10.4 Å². The first kappa shape index (κ1) is 14.0. The largest absolute Gasteiger partial charge is 0.481 e. The van der Waals surface area contributed by atoms with Crippen LogP contribution in [0.3, 0.4) is 0 Å². The van der Waals surface area contributed by atoms with E-state index in [-0.39, 0.29) is 18.4 Å². The molecule has 0 spiro atoms. The van der Waals surface area contributed by atoms with Crippen LogP contribution in [0.5, 0.6) is 0 Å². The average Bonchev–Trinajstić information content (AvgIpc) is 2.45. The molecule has 0 aliphatic carbocycles. The third-order valence-electron chi connectivity index (χ3n) is 3.13. The zero-order chi connectivity index (χ0) is 14.5. The van der Waals surface area contributed by atoms with Gasteiger partial charge in [0.15, 0.2) is 0 Å². The number of para-hydroxylation sites is 1. The molecular formula is C15H16N2O3. The number of pyridine rings is 1. The zero-order valence-corrected chi connectivity index (χ0v) is 11.2. The topological polar surface area (TPSA) is 79.3 Å². The quantitative estimate of drug-likeness (QED) is 0.874. The molecule has 0 aliphatic heterocycles. The van der Waals surface area contributed by atoms with Crippen molar-refractivity contribution in [2.24, 2.45) is 0 Å². The third-order valence-corrected chi connectivity index (χ3v) is 3.13. The summed E-state index contributed by atoms with van der Waals surface area (Å²) in [6.07, 6.45) is 2.12. The van der Waals surface area contributed by atoms with Gasteiger partial charge in [-0.3, -0.25) is 14.6 Å². The van der Waals surface area contributed by atoms with Gasteiger partial charge in [-0.15, -0.1) is 0 Å². The second kappa shape index (κ2) is 6.14. The monoisotopic (exact) mass is 272 g/mol. The van der Waals surface area contributed by atoms with Crippen molar-refractivity contribution in [1.82, 2.24) is 10.3 Å². The van der Waals surface area contributed by atoms with Gasteiger partial charge in [0.2, 0.25) is 0 Å². The van der Waals surface area contributed by atoms with Crippen LogP contribution in [0, 0.1) is 0 Å². The van der Waals surface area contributed by atoms with Crippen molar-refractivity contribution in [3.8, 4) is 0 Å². The van der Waals surface area contributed by atoms with Gasteiger partial charge in [0.05, 0.1) is 17.5 Å². The minimum atomic E-state index is -0.923. The molecule has 104 valence electrons. The Morgan fingerprint density at radius 3 is 2.75 bits per heavy atom. The van der Waals surface area contributed by atoms with Crippen molar-refractivity contribution < 1.29 is 14.7 Å². The summed E-state index contributed by atoms with van der Waals surface area (Å²) in [7, 11) is 0. The maximum absolute atomic E-state index is 12.3. The van der Waals surface area contributed by atoms with Crippen LogP contribution in [0.2, 0.25) is 0 Å². The fourth-order valence-corrected chi connectivity index (χ4v) is 2.06. The fraction of sp³-hybridized carbons (Fsp3) is 0.267. The summed E-state index contributed by atoms with van der Waals surface area (Å²) in [5.74, 6) is -1.21. The Balaban J connectivity index is 2.25. The molecule has 2 rings (SSSR count). The van der Waals surface area contributed by atoms with E-state index in [2.05, 4.69) is 10.3 Å². The fourth-order valence-electron chi connectivity index (χ4n) is 2.06. The summed E-state index contributed by atoms with van der Waals surface area (Å²) >= 11 is 0. The van der Waals surface area contributed by atoms with Crippen LogP contribution in [0.4, 0.5) is 0 Å². The number of rotatable bonds is 5. The molecule has 0 aliphatic rings. The van der Waals surface area contributed by atoms with Crippen LogP contribution in [-0.2, 0) is 4.79 Å². The summed E-state index contributed by atoms with van der Waals surface area (Å²) in [4.78, 5) is 27.2. The number of aromatic nitrogens is 1. The number of hydrogen-bond acceptors (Lipinski definition) is 3. The van der Waals surface area contributed by atoms with E-state index in [1.165, 1.54) is 0 Å². The van der Waals surface area contributed by atoms with E-state index in [9.17, 15) is 9.59 Å². The highest BCUT2D eigenvalue weighted by Crippen LogP contribution is 2.16. The normalized spacial score (nSPS) is 12.1. The Kier molecular flexibility index (Phi) is 4.30. The van der Waals surface area contributed by atoms with Crippen molar-refractivity contribution in [1.29, 1.82) is 0 Å². The van der Waals surface area contributed by atoms with Crippen LogP contribution in [0.25, 0.3) is 10.9 Å². The molecule has 0 saturated carbocycles. The molecule has 1 aromatic carbocycles. The number of aliphatic carboxylic acids is 1. The molecule has 1 amide bonds. The Morgan fingerprint density at radius 1 is 1.30 bits per heavy atom. The molecule has 1 unspecified atom stereocenters. The molecule has 0 radical (unpaired) electrons. The number of carboxylic acids is 1. The van der Waals surface area contributed by atoms with Crippen molar-refractivity contribution in [3.05, 3.63) is 42.1 Å². The molecule has 5 heteroatoms. The van der Waals surface area contributed by atoms with E-state index >= 15 is 0 Å². The molecular weight excluding hydrogens is 256 g/mol. The first-order valence-corrected chi connectivity index (χ1v) is 6.48. The average molecular weight is 272 g/mol. The lowest BCUT2D eigenvalue weighted by molar-refractivity contribution is -0.137. The van der Waals surface area contributed by atoms with Crippen molar-refractivity contribution in [3.63, 3.8) is 0 Å². The number of fused-ring (bicyclic) bond motifs is 1. The van der Waals surface area contributed by atoms with Crippen LogP contribution >= 0.6 is 0 Å². The van der Waals surface area contributed by atoms with E-state index in [1.54, 1.807) is 18.3 Å². The first-order chi connectivity index (χ1) is 9.61. The number of amides is 1. The van der Waals surface area contributed by atoms with Gasteiger partial charge in [0, 0.05) is 17.6 Å². The van der Waals surface area contributed by atoms with Crippen molar-refractivity contribution in [2.75, 3.05) is 0 Å². The summed E-state index contributed by atoms with van der Waals surface area (Å²) in [5, 5.41) is 12.4. The van der Waals surface area contributed by atoms with E-state index < -0.39 is 5.97 Å². The molecule has 0 fully saturated rings. The lowest BCUT2D eigenvalue weighted by Crippen LogP contribution is -2.36. The molecule has 0 bridgehead atoms. The summed E-state index contributed by atoms with van der Waals surface area (Å²) < 4.78 is 0. The Morgan fingerprint density at radius 2 is 2.05 bits per heavy atom. The van der Waals surface area contributed by atoms with E-state index in [0.717, 1.165) is 5.39 Å². The van der Waals surface area contributed by atoms with Gasteiger partial charge >= 0.3 is 5.97 Å². The highest BCUT2D eigenvalue weighted by atomic mass is 16.4. The van der Waals surface area contributed by atoms with Crippen LogP contribution < -0.4 is 5.32 Å². The Bertz CT molecular complexity index is 635. The van der Waals surface area contributed by atoms with E-state index in [1.807, 2.05) is 25.1 Å². The molecule has 1 heterocycles.